The van der Waals surface area contributed by atoms with E-state index in [9.17, 15) is 4.79 Å². The van der Waals surface area contributed by atoms with Gasteiger partial charge in [0, 0.05) is 25.6 Å². The molecule has 4 heteroatoms. The lowest BCUT2D eigenvalue weighted by Gasteiger charge is -2.07. The first-order chi connectivity index (χ1) is 9.78. The lowest BCUT2D eigenvalue weighted by atomic mass is 10.2. The average molecular weight is 274 g/mol. The van der Waals surface area contributed by atoms with Crippen LogP contribution in [0.3, 0.4) is 0 Å². The highest BCUT2D eigenvalue weighted by Gasteiger charge is 2.22. The van der Waals surface area contributed by atoms with Crippen LogP contribution in [0.2, 0.25) is 0 Å². The Morgan fingerprint density at radius 3 is 2.75 bits per heavy atom. The molecule has 0 bridgehead atoms. The van der Waals surface area contributed by atoms with Gasteiger partial charge in [-0.2, -0.15) is 0 Å². The lowest BCUT2D eigenvalue weighted by Crippen LogP contribution is -2.28. The third-order valence-corrected chi connectivity index (χ3v) is 3.09. The van der Waals surface area contributed by atoms with Crippen LogP contribution < -0.4 is 15.4 Å². The SMILES string of the molecule is C=CCOc1ccc(CNCCC(=O)NC2CC2)cc1. The molecule has 0 heterocycles. The monoisotopic (exact) mass is 274 g/mol. The predicted octanol–water partition coefficient (Wildman–Crippen LogP) is 2.01. The molecule has 20 heavy (non-hydrogen) atoms. The summed E-state index contributed by atoms with van der Waals surface area (Å²) in [7, 11) is 0. The van der Waals surface area contributed by atoms with Crippen LogP contribution in [-0.4, -0.2) is 25.1 Å². The van der Waals surface area contributed by atoms with E-state index in [2.05, 4.69) is 17.2 Å². The number of hydrogen-bond donors (Lipinski definition) is 2. The van der Waals surface area contributed by atoms with Crippen LogP contribution in [-0.2, 0) is 11.3 Å². The summed E-state index contributed by atoms with van der Waals surface area (Å²) in [6.07, 6.45) is 4.54. The molecule has 0 atom stereocenters. The molecule has 4 nitrogen and oxygen atoms in total. The molecular formula is C16H22N2O2. The summed E-state index contributed by atoms with van der Waals surface area (Å²) in [4.78, 5) is 11.5. The van der Waals surface area contributed by atoms with Crippen molar-refractivity contribution < 1.29 is 9.53 Å². The fraction of sp³-hybridized carbons (Fsp3) is 0.438. The molecule has 0 spiro atoms. The zero-order chi connectivity index (χ0) is 14.2. The van der Waals surface area contributed by atoms with Crippen LogP contribution in [0.15, 0.2) is 36.9 Å². The largest absolute Gasteiger partial charge is 0.490 e. The third kappa shape index (κ3) is 5.45. The molecule has 0 radical (unpaired) electrons. The summed E-state index contributed by atoms with van der Waals surface area (Å²) in [5.74, 6) is 0.991. The molecule has 1 aliphatic carbocycles. The van der Waals surface area contributed by atoms with Gasteiger partial charge in [-0.15, -0.1) is 0 Å². The predicted molar refractivity (Wildman–Crippen MR) is 79.6 cm³/mol. The minimum atomic E-state index is 0.146. The topological polar surface area (TPSA) is 50.4 Å². The molecular weight excluding hydrogens is 252 g/mol. The number of carbonyl (C=O) groups is 1. The van der Waals surface area contributed by atoms with Gasteiger partial charge in [0.2, 0.25) is 5.91 Å². The molecule has 1 aromatic rings. The highest BCUT2D eigenvalue weighted by Crippen LogP contribution is 2.18. The Morgan fingerprint density at radius 1 is 1.35 bits per heavy atom. The van der Waals surface area contributed by atoms with Crippen molar-refractivity contribution in [2.24, 2.45) is 0 Å². The second-order valence-corrected chi connectivity index (χ2v) is 5.01. The van der Waals surface area contributed by atoms with E-state index >= 15 is 0 Å². The number of amides is 1. The Morgan fingerprint density at radius 2 is 2.10 bits per heavy atom. The Labute approximate surface area is 120 Å². The van der Waals surface area contributed by atoms with Crippen molar-refractivity contribution in [2.75, 3.05) is 13.2 Å². The fourth-order valence-electron chi connectivity index (χ4n) is 1.82. The number of carbonyl (C=O) groups excluding carboxylic acids is 1. The zero-order valence-electron chi connectivity index (χ0n) is 11.7. The minimum Gasteiger partial charge on any atom is -0.490 e. The number of ether oxygens (including phenoxy) is 1. The number of hydrogen-bond acceptors (Lipinski definition) is 3. The molecule has 0 aliphatic heterocycles. The van der Waals surface area contributed by atoms with Crippen LogP contribution in [0, 0.1) is 0 Å². The van der Waals surface area contributed by atoms with E-state index in [-0.39, 0.29) is 5.91 Å². The maximum absolute atomic E-state index is 11.5. The van der Waals surface area contributed by atoms with Crippen molar-refractivity contribution in [3.63, 3.8) is 0 Å². The molecule has 0 unspecified atom stereocenters. The summed E-state index contributed by atoms with van der Waals surface area (Å²) in [5, 5.41) is 6.25. The Bertz CT molecular complexity index is 438. The summed E-state index contributed by atoms with van der Waals surface area (Å²) in [6.45, 7) is 5.60. The molecule has 1 amide bonds. The van der Waals surface area contributed by atoms with Gasteiger partial charge in [0.05, 0.1) is 0 Å². The highest BCUT2D eigenvalue weighted by atomic mass is 16.5. The van der Waals surface area contributed by atoms with Crippen molar-refractivity contribution in [1.29, 1.82) is 0 Å². The minimum absolute atomic E-state index is 0.146. The number of nitrogens with one attached hydrogen (secondary N) is 2. The molecule has 1 aliphatic rings. The van der Waals surface area contributed by atoms with E-state index in [1.165, 1.54) is 5.56 Å². The smallest absolute Gasteiger partial charge is 0.221 e. The third-order valence-electron chi connectivity index (χ3n) is 3.09. The van der Waals surface area contributed by atoms with Gasteiger partial charge >= 0.3 is 0 Å². The lowest BCUT2D eigenvalue weighted by molar-refractivity contribution is -0.121. The molecule has 0 aromatic heterocycles. The van der Waals surface area contributed by atoms with Crippen molar-refractivity contribution in [3.8, 4) is 5.75 Å². The maximum Gasteiger partial charge on any atom is 0.221 e. The van der Waals surface area contributed by atoms with E-state index in [1.54, 1.807) is 6.08 Å². The standard InChI is InChI=1S/C16H22N2O2/c1-2-11-20-15-7-3-13(4-8-15)12-17-10-9-16(19)18-14-5-6-14/h2-4,7-8,14,17H,1,5-6,9-12H2,(H,18,19). The van der Waals surface area contributed by atoms with Gasteiger partial charge in [-0.25, -0.2) is 0 Å². The maximum atomic E-state index is 11.5. The van der Waals surface area contributed by atoms with Gasteiger partial charge in [-0.05, 0) is 30.5 Å². The first-order valence-corrected chi connectivity index (χ1v) is 7.10. The number of rotatable bonds is 9. The normalized spacial score (nSPS) is 13.8. The molecule has 1 saturated carbocycles. The Balaban J connectivity index is 1.60. The Kier molecular flexibility index (Phi) is 5.62. The quantitative estimate of drug-likeness (QED) is 0.535. The fourth-order valence-corrected chi connectivity index (χ4v) is 1.82. The van der Waals surface area contributed by atoms with E-state index in [4.69, 9.17) is 4.74 Å². The van der Waals surface area contributed by atoms with E-state index in [0.29, 0.717) is 25.6 Å². The second-order valence-electron chi connectivity index (χ2n) is 5.01. The van der Waals surface area contributed by atoms with Gasteiger partial charge in [-0.1, -0.05) is 24.8 Å². The van der Waals surface area contributed by atoms with Crippen LogP contribution in [0.4, 0.5) is 0 Å². The molecule has 1 aromatic carbocycles. The molecule has 1 fully saturated rings. The van der Waals surface area contributed by atoms with E-state index < -0.39 is 0 Å². The summed E-state index contributed by atoms with van der Waals surface area (Å²) < 4.78 is 5.42. The molecule has 0 saturated heterocycles. The second kappa shape index (κ2) is 7.70. The van der Waals surface area contributed by atoms with Crippen LogP contribution in [0.25, 0.3) is 0 Å². The van der Waals surface area contributed by atoms with Crippen molar-refractivity contribution in [2.45, 2.75) is 31.8 Å². The van der Waals surface area contributed by atoms with E-state index in [0.717, 1.165) is 25.1 Å². The van der Waals surface area contributed by atoms with Gasteiger partial charge in [0.15, 0.2) is 0 Å². The highest BCUT2D eigenvalue weighted by molar-refractivity contribution is 5.76. The summed E-state index contributed by atoms with van der Waals surface area (Å²) in [5.41, 5.74) is 1.18. The van der Waals surface area contributed by atoms with Crippen LogP contribution >= 0.6 is 0 Å². The first-order valence-electron chi connectivity index (χ1n) is 7.10. The first kappa shape index (κ1) is 14.6. The average Bonchev–Trinajstić information content (AvgIpc) is 3.26. The summed E-state index contributed by atoms with van der Waals surface area (Å²) >= 11 is 0. The van der Waals surface area contributed by atoms with Crippen molar-refractivity contribution in [3.05, 3.63) is 42.5 Å². The zero-order valence-corrected chi connectivity index (χ0v) is 11.7. The van der Waals surface area contributed by atoms with Crippen molar-refractivity contribution in [1.82, 2.24) is 10.6 Å². The summed E-state index contributed by atoms with van der Waals surface area (Å²) in [6, 6.07) is 8.39. The molecule has 2 N–H and O–H groups in total. The van der Waals surface area contributed by atoms with E-state index in [1.807, 2.05) is 24.3 Å². The Hall–Kier alpha value is -1.81. The van der Waals surface area contributed by atoms with Gasteiger partial charge in [0.1, 0.15) is 12.4 Å². The number of benzene rings is 1. The van der Waals surface area contributed by atoms with Crippen LogP contribution in [0.1, 0.15) is 24.8 Å². The van der Waals surface area contributed by atoms with Crippen molar-refractivity contribution >= 4 is 5.91 Å². The molecule has 108 valence electrons. The van der Waals surface area contributed by atoms with Crippen LogP contribution in [0.5, 0.6) is 5.75 Å². The van der Waals surface area contributed by atoms with Gasteiger partial charge < -0.3 is 15.4 Å². The van der Waals surface area contributed by atoms with Gasteiger partial charge in [0.25, 0.3) is 0 Å². The van der Waals surface area contributed by atoms with Gasteiger partial charge in [-0.3, -0.25) is 4.79 Å². The molecule has 2 rings (SSSR count).